The molecule has 2 aromatic rings. The van der Waals surface area contributed by atoms with E-state index in [1.165, 1.54) is 0 Å². The van der Waals surface area contributed by atoms with E-state index < -0.39 is 5.97 Å². The minimum Gasteiger partial charge on any atom is -0.484 e. The van der Waals surface area contributed by atoms with Crippen molar-refractivity contribution in [3.63, 3.8) is 0 Å². The fourth-order valence-corrected chi connectivity index (χ4v) is 3.81. The van der Waals surface area contributed by atoms with Crippen molar-refractivity contribution in [3.8, 4) is 5.75 Å². The van der Waals surface area contributed by atoms with Gasteiger partial charge in [-0.15, -0.1) is 0 Å². The summed E-state index contributed by atoms with van der Waals surface area (Å²) in [5.74, 6) is 0.0361. The molecule has 1 amide bonds. The molecule has 2 heterocycles. The molecule has 8 heteroatoms. The third-order valence-electron chi connectivity index (χ3n) is 5.40. The molecule has 0 unspecified atom stereocenters. The lowest BCUT2D eigenvalue weighted by molar-refractivity contribution is -0.135. The number of carbonyl (C=O) groups excluding carboxylic acids is 2. The Kier molecular flexibility index (Phi) is 7.98. The lowest BCUT2D eigenvalue weighted by Crippen LogP contribution is -2.39. The highest BCUT2D eigenvalue weighted by atomic mass is 35.5. The normalized spacial score (nSPS) is 15.7. The molecule has 0 spiro atoms. The van der Waals surface area contributed by atoms with Crippen molar-refractivity contribution in [3.05, 3.63) is 51.8 Å². The summed E-state index contributed by atoms with van der Waals surface area (Å²) in [5.41, 5.74) is 2.96. The van der Waals surface area contributed by atoms with Gasteiger partial charge in [0.25, 0.3) is 5.91 Å². The van der Waals surface area contributed by atoms with Crippen LogP contribution < -0.4 is 4.74 Å². The second kappa shape index (κ2) is 10.7. The van der Waals surface area contributed by atoms with Crippen LogP contribution in [0.25, 0.3) is 0 Å². The van der Waals surface area contributed by atoms with Crippen LogP contribution in [0.1, 0.15) is 47.1 Å². The standard InChI is InChI=1S/C23H29ClN2O5/c1-4-29-23(28)22-15(2)20(16(3)25-22)13-26(12-19-6-5-11-30-19)21(27)14-31-18-9-7-17(24)8-10-18/h7-10,19,25H,4-6,11-14H2,1-3H3/t19-/m0/s1. The smallest absolute Gasteiger partial charge is 0.355 e. The fraction of sp³-hybridized carbons (Fsp3) is 0.478. The van der Waals surface area contributed by atoms with E-state index >= 15 is 0 Å². The highest BCUT2D eigenvalue weighted by molar-refractivity contribution is 6.30. The maximum absolute atomic E-state index is 13.1. The molecule has 1 aliphatic heterocycles. The van der Waals surface area contributed by atoms with E-state index in [9.17, 15) is 9.59 Å². The Morgan fingerprint density at radius 3 is 2.65 bits per heavy atom. The number of H-pyrrole nitrogens is 1. The Labute approximate surface area is 187 Å². The third kappa shape index (κ3) is 6.02. The molecule has 7 nitrogen and oxygen atoms in total. The second-order valence-corrected chi connectivity index (χ2v) is 8.04. The number of benzene rings is 1. The van der Waals surface area contributed by atoms with Gasteiger partial charge in [0.1, 0.15) is 11.4 Å². The monoisotopic (exact) mass is 448 g/mol. The molecule has 168 valence electrons. The van der Waals surface area contributed by atoms with Gasteiger partial charge >= 0.3 is 5.97 Å². The number of nitrogens with zero attached hydrogens (tertiary/aromatic N) is 1. The Morgan fingerprint density at radius 1 is 1.26 bits per heavy atom. The van der Waals surface area contributed by atoms with Crippen molar-refractivity contribution < 1.29 is 23.8 Å². The maximum atomic E-state index is 13.1. The van der Waals surface area contributed by atoms with Gasteiger partial charge in [-0.3, -0.25) is 4.79 Å². The van der Waals surface area contributed by atoms with Crippen LogP contribution >= 0.6 is 11.6 Å². The molecule has 0 bridgehead atoms. The number of halogens is 1. The summed E-state index contributed by atoms with van der Waals surface area (Å²) in [4.78, 5) is 30.1. The summed E-state index contributed by atoms with van der Waals surface area (Å²) in [6.45, 7) is 7.28. The first-order valence-corrected chi connectivity index (χ1v) is 10.9. The van der Waals surface area contributed by atoms with Crippen LogP contribution in [0.4, 0.5) is 0 Å². The highest BCUT2D eigenvalue weighted by Crippen LogP contribution is 2.23. The summed E-state index contributed by atoms with van der Waals surface area (Å²) >= 11 is 5.90. The van der Waals surface area contributed by atoms with Crippen LogP contribution in [0.3, 0.4) is 0 Å². The van der Waals surface area contributed by atoms with Gasteiger partial charge < -0.3 is 24.1 Å². The van der Waals surface area contributed by atoms with Gasteiger partial charge in [0.05, 0.1) is 12.7 Å². The summed E-state index contributed by atoms with van der Waals surface area (Å²) in [6.07, 6.45) is 1.91. The van der Waals surface area contributed by atoms with E-state index in [1.807, 2.05) is 13.8 Å². The Morgan fingerprint density at radius 2 is 2.00 bits per heavy atom. The molecule has 0 aliphatic carbocycles. The van der Waals surface area contributed by atoms with Crippen molar-refractivity contribution in [1.29, 1.82) is 0 Å². The van der Waals surface area contributed by atoms with Crippen LogP contribution in [0.5, 0.6) is 5.75 Å². The van der Waals surface area contributed by atoms with Gasteiger partial charge in [-0.25, -0.2) is 4.79 Å². The zero-order valence-electron chi connectivity index (χ0n) is 18.2. The predicted octanol–water partition coefficient (Wildman–Crippen LogP) is 4.05. The molecular formula is C23H29ClN2O5. The number of carbonyl (C=O) groups is 2. The van der Waals surface area contributed by atoms with E-state index in [2.05, 4.69) is 4.98 Å². The first kappa shape index (κ1) is 23.2. The number of amides is 1. The first-order chi connectivity index (χ1) is 14.9. The second-order valence-electron chi connectivity index (χ2n) is 7.60. The Bertz CT molecular complexity index is 903. The molecule has 1 aromatic carbocycles. The maximum Gasteiger partial charge on any atom is 0.355 e. The van der Waals surface area contributed by atoms with Crippen LogP contribution in [0.2, 0.25) is 5.02 Å². The predicted molar refractivity (Wildman–Crippen MR) is 118 cm³/mol. The summed E-state index contributed by atoms with van der Waals surface area (Å²) in [5, 5.41) is 0.606. The van der Waals surface area contributed by atoms with Gasteiger partial charge in [-0.05, 0) is 69.0 Å². The van der Waals surface area contributed by atoms with Crippen LogP contribution in [-0.4, -0.2) is 54.2 Å². The molecule has 3 rings (SSSR count). The number of hydrogen-bond donors (Lipinski definition) is 1. The number of aromatic amines is 1. The van der Waals surface area contributed by atoms with Crippen molar-refractivity contribution in [2.45, 2.75) is 46.3 Å². The summed E-state index contributed by atoms with van der Waals surface area (Å²) < 4.78 is 16.6. The van der Waals surface area contributed by atoms with E-state index in [-0.39, 0.29) is 18.6 Å². The summed E-state index contributed by atoms with van der Waals surface area (Å²) in [7, 11) is 0. The number of ether oxygens (including phenoxy) is 3. The Hall–Kier alpha value is -2.51. The van der Waals surface area contributed by atoms with Gasteiger partial charge in [-0.1, -0.05) is 11.6 Å². The minimum atomic E-state index is -0.391. The zero-order valence-corrected chi connectivity index (χ0v) is 19.0. The number of aryl methyl sites for hydroxylation is 1. The SMILES string of the molecule is CCOC(=O)c1[nH]c(C)c(CN(C[C@@H]2CCCO2)C(=O)COc2ccc(Cl)cc2)c1C. The van der Waals surface area contributed by atoms with Crippen molar-refractivity contribution in [1.82, 2.24) is 9.88 Å². The molecule has 31 heavy (non-hydrogen) atoms. The van der Waals surface area contributed by atoms with E-state index in [0.717, 1.165) is 29.7 Å². The van der Waals surface area contributed by atoms with Crippen molar-refractivity contribution in [2.75, 3.05) is 26.4 Å². The number of esters is 1. The Balaban J connectivity index is 1.74. The largest absolute Gasteiger partial charge is 0.484 e. The molecule has 1 saturated heterocycles. The third-order valence-corrected chi connectivity index (χ3v) is 5.65. The highest BCUT2D eigenvalue weighted by Gasteiger charge is 2.26. The molecule has 1 aliphatic rings. The van der Waals surface area contributed by atoms with Crippen LogP contribution in [-0.2, 0) is 20.8 Å². The van der Waals surface area contributed by atoms with Crippen molar-refractivity contribution >= 4 is 23.5 Å². The lowest BCUT2D eigenvalue weighted by Gasteiger charge is -2.26. The van der Waals surface area contributed by atoms with E-state index in [4.69, 9.17) is 25.8 Å². The van der Waals surface area contributed by atoms with Crippen molar-refractivity contribution in [2.24, 2.45) is 0 Å². The molecule has 1 aromatic heterocycles. The number of nitrogens with one attached hydrogen (secondary N) is 1. The van der Waals surface area contributed by atoms with Gasteiger partial charge in [0, 0.05) is 30.4 Å². The first-order valence-electron chi connectivity index (χ1n) is 10.5. The topological polar surface area (TPSA) is 80.9 Å². The summed E-state index contributed by atoms with van der Waals surface area (Å²) in [6, 6.07) is 6.89. The number of aromatic nitrogens is 1. The zero-order chi connectivity index (χ0) is 22.4. The molecular weight excluding hydrogens is 420 g/mol. The molecule has 1 atom stereocenters. The van der Waals surface area contributed by atoms with Gasteiger partial charge in [0.15, 0.2) is 6.61 Å². The minimum absolute atomic E-state index is 0.00330. The van der Waals surface area contributed by atoms with E-state index in [0.29, 0.717) is 42.8 Å². The lowest BCUT2D eigenvalue weighted by atomic mass is 10.1. The number of rotatable bonds is 9. The average Bonchev–Trinajstić information content (AvgIpc) is 3.36. The number of hydrogen-bond acceptors (Lipinski definition) is 5. The molecule has 0 saturated carbocycles. The van der Waals surface area contributed by atoms with Gasteiger partial charge in [-0.2, -0.15) is 0 Å². The quantitative estimate of drug-likeness (QED) is 0.585. The van der Waals surface area contributed by atoms with Crippen LogP contribution in [0.15, 0.2) is 24.3 Å². The fourth-order valence-electron chi connectivity index (χ4n) is 3.68. The molecule has 1 fully saturated rings. The van der Waals surface area contributed by atoms with E-state index in [1.54, 1.807) is 36.1 Å². The average molecular weight is 449 g/mol. The molecule has 1 N–H and O–H groups in total. The van der Waals surface area contributed by atoms with Crippen LogP contribution in [0, 0.1) is 13.8 Å². The van der Waals surface area contributed by atoms with Gasteiger partial charge in [0.2, 0.25) is 0 Å². The molecule has 0 radical (unpaired) electrons.